The highest BCUT2D eigenvalue weighted by Crippen LogP contribution is 2.37. The van der Waals surface area contributed by atoms with Crippen LogP contribution in [-0.4, -0.2) is 27.6 Å². The van der Waals surface area contributed by atoms with Gasteiger partial charge in [-0.2, -0.15) is 0 Å². The summed E-state index contributed by atoms with van der Waals surface area (Å²) in [4.78, 5) is 23.5. The number of nitrogens with one attached hydrogen (secondary N) is 3. The van der Waals surface area contributed by atoms with Gasteiger partial charge in [0, 0.05) is 18.1 Å². The minimum Gasteiger partial charge on any atom is -0.493 e. The van der Waals surface area contributed by atoms with E-state index in [-0.39, 0.29) is 6.03 Å². The fourth-order valence-electron chi connectivity index (χ4n) is 3.14. The van der Waals surface area contributed by atoms with Crippen LogP contribution in [0.25, 0.3) is 0 Å². The number of fused-ring (bicyclic) bond motifs is 1. The molecule has 1 aliphatic heterocycles. The standard InChI is InChI=1S/C19H19N5O2/c25-19(24-15-2-1-6-20-10-15)23-14-3-4-18-17(9-14)13(5-7-26-18)8-16-11-21-12-22-16/h1-4,6,9-13H,5,7-8H2,(H,21,22)(H2,23,24,25). The number of aromatic nitrogens is 3. The quantitative estimate of drug-likeness (QED) is 0.671. The molecule has 1 aliphatic rings. The van der Waals surface area contributed by atoms with E-state index in [1.165, 1.54) is 0 Å². The number of imidazole rings is 1. The maximum absolute atomic E-state index is 12.2. The number of carbonyl (C=O) groups is 1. The van der Waals surface area contributed by atoms with Gasteiger partial charge >= 0.3 is 6.03 Å². The Bertz CT molecular complexity index is 880. The molecule has 1 aromatic carbocycles. The van der Waals surface area contributed by atoms with Crippen molar-refractivity contribution in [1.29, 1.82) is 0 Å². The molecule has 7 heteroatoms. The van der Waals surface area contributed by atoms with Crippen molar-refractivity contribution in [2.45, 2.75) is 18.8 Å². The number of ether oxygens (including phenoxy) is 1. The molecule has 0 radical (unpaired) electrons. The van der Waals surface area contributed by atoms with E-state index in [0.717, 1.165) is 35.5 Å². The second-order valence-corrected chi connectivity index (χ2v) is 6.17. The average molecular weight is 349 g/mol. The number of H-pyrrole nitrogens is 1. The number of urea groups is 1. The summed E-state index contributed by atoms with van der Waals surface area (Å²) in [5.74, 6) is 1.18. The lowest BCUT2D eigenvalue weighted by molar-refractivity contribution is 0.261. The molecule has 2 aromatic heterocycles. The molecule has 3 heterocycles. The van der Waals surface area contributed by atoms with E-state index in [9.17, 15) is 4.79 Å². The molecule has 0 saturated carbocycles. The minimum atomic E-state index is -0.307. The first-order chi connectivity index (χ1) is 12.8. The van der Waals surface area contributed by atoms with Crippen molar-refractivity contribution in [2.75, 3.05) is 17.2 Å². The van der Waals surface area contributed by atoms with E-state index in [1.807, 2.05) is 24.4 Å². The van der Waals surface area contributed by atoms with Crippen molar-refractivity contribution < 1.29 is 9.53 Å². The number of hydrogen-bond acceptors (Lipinski definition) is 4. The van der Waals surface area contributed by atoms with E-state index in [1.54, 1.807) is 30.9 Å². The predicted molar refractivity (Wildman–Crippen MR) is 98.5 cm³/mol. The van der Waals surface area contributed by atoms with Crippen LogP contribution in [0.4, 0.5) is 16.2 Å². The summed E-state index contributed by atoms with van der Waals surface area (Å²) in [5, 5.41) is 5.62. The smallest absolute Gasteiger partial charge is 0.323 e. The van der Waals surface area contributed by atoms with Crippen LogP contribution in [0.15, 0.2) is 55.2 Å². The SMILES string of the molecule is O=C(Nc1cccnc1)Nc1ccc2c(c1)C(Cc1c[nH]cn1)CCO2. The molecular formula is C19H19N5O2. The molecule has 4 rings (SSSR count). The van der Waals surface area contributed by atoms with Gasteiger partial charge in [0.1, 0.15) is 5.75 Å². The number of aromatic amines is 1. The van der Waals surface area contributed by atoms with E-state index in [0.29, 0.717) is 18.2 Å². The number of nitrogens with zero attached hydrogens (tertiary/aromatic N) is 2. The Morgan fingerprint density at radius 3 is 3.00 bits per heavy atom. The van der Waals surface area contributed by atoms with Gasteiger partial charge in [0.25, 0.3) is 0 Å². The second-order valence-electron chi connectivity index (χ2n) is 6.17. The van der Waals surface area contributed by atoms with Crippen molar-refractivity contribution in [3.63, 3.8) is 0 Å². The monoisotopic (exact) mass is 349 g/mol. The third-order valence-electron chi connectivity index (χ3n) is 4.36. The van der Waals surface area contributed by atoms with Crippen LogP contribution in [0.3, 0.4) is 0 Å². The van der Waals surface area contributed by atoms with Gasteiger partial charge in [-0.25, -0.2) is 9.78 Å². The second kappa shape index (κ2) is 7.26. The zero-order valence-electron chi connectivity index (χ0n) is 14.1. The van der Waals surface area contributed by atoms with Gasteiger partial charge in [0.15, 0.2) is 0 Å². The first-order valence-electron chi connectivity index (χ1n) is 8.50. The van der Waals surface area contributed by atoms with Gasteiger partial charge in [0.05, 0.1) is 30.5 Å². The third kappa shape index (κ3) is 3.66. The molecule has 0 aliphatic carbocycles. The zero-order valence-corrected chi connectivity index (χ0v) is 14.1. The Balaban J connectivity index is 1.49. The van der Waals surface area contributed by atoms with Gasteiger partial charge in [-0.15, -0.1) is 0 Å². The molecule has 0 spiro atoms. The summed E-state index contributed by atoms with van der Waals surface area (Å²) in [6.45, 7) is 0.691. The van der Waals surface area contributed by atoms with Crippen molar-refractivity contribution in [3.05, 3.63) is 66.5 Å². The Labute approximate surface area is 150 Å². The van der Waals surface area contributed by atoms with Crippen molar-refractivity contribution in [2.24, 2.45) is 0 Å². The third-order valence-corrected chi connectivity index (χ3v) is 4.36. The molecule has 0 bridgehead atoms. The number of pyridine rings is 1. The summed E-state index contributed by atoms with van der Waals surface area (Å²) in [6.07, 6.45) is 8.62. The number of benzene rings is 1. The van der Waals surface area contributed by atoms with Crippen LogP contribution < -0.4 is 15.4 Å². The predicted octanol–water partition coefficient (Wildman–Crippen LogP) is 3.56. The van der Waals surface area contributed by atoms with Crippen LogP contribution in [0.5, 0.6) is 5.75 Å². The van der Waals surface area contributed by atoms with Crippen LogP contribution in [0, 0.1) is 0 Å². The molecular weight excluding hydrogens is 330 g/mol. The van der Waals surface area contributed by atoms with Crippen LogP contribution in [0.2, 0.25) is 0 Å². The summed E-state index contributed by atoms with van der Waals surface area (Å²) in [6, 6.07) is 8.98. The Morgan fingerprint density at radius 2 is 2.19 bits per heavy atom. The summed E-state index contributed by atoms with van der Waals surface area (Å²) in [7, 11) is 0. The molecule has 0 fully saturated rings. The van der Waals surface area contributed by atoms with Gasteiger partial charge in [-0.05, 0) is 54.7 Å². The minimum absolute atomic E-state index is 0.307. The summed E-state index contributed by atoms with van der Waals surface area (Å²) in [5.41, 5.74) is 3.49. The first-order valence-corrected chi connectivity index (χ1v) is 8.50. The van der Waals surface area contributed by atoms with E-state index in [4.69, 9.17) is 4.74 Å². The highest BCUT2D eigenvalue weighted by atomic mass is 16.5. The highest BCUT2D eigenvalue weighted by molar-refractivity contribution is 5.99. The van der Waals surface area contributed by atoms with Gasteiger partial charge in [0.2, 0.25) is 0 Å². The summed E-state index contributed by atoms with van der Waals surface area (Å²) < 4.78 is 5.76. The van der Waals surface area contributed by atoms with E-state index >= 15 is 0 Å². The average Bonchev–Trinajstić information content (AvgIpc) is 3.16. The van der Waals surface area contributed by atoms with Crippen LogP contribution >= 0.6 is 0 Å². The molecule has 1 atom stereocenters. The molecule has 2 amide bonds. The molecule has 26 heavy (non-hydrogen) atoms. The number of anilines is 2. The number of rotatable bonds is 4. The van der Waals surface area contributed by atoms with Gasteiger partial charge in [-0.1, -0.05) is 0 Å². The van der Waals surface area contributed by atoms with Crippen molar-refractivity contribution in [3.8, 4) is 5.75 Å². The maximum Gasteiger partial charge on any atom is 0.323 e. The largest absolute Gasteiger partial charge is 0.493 e. The van der Waals surface area contributed by atoms with Crippen LogP contribution in [-0.2, 0) is 6.42 Å². The van der Waals surface area contributed by atoms with E-state index < -0.39 is 0 Å². The molecule has 1 unspecified atom stereocenters. The lowest BCUT2D eigenvalue weighted by Crippen LogP contribution is -2.20. The lowest BCUT2D eigenvalue weighted by Gasteiger charge is -2.26. The molecule has 3 N–H and O–H groups in total. The maximum atomic E-state index is 12.2. The fraction of sp³-hybridized carbons (Fsp3) is 0.211. The number of amides is 2. The summed E-state index contributed by atoms with van der Waals surface area (Å²) >= 11 is 0. The molecule has 7 nitrogen and oxygen atoms in total. The number of hydrogen-bond donors (Lipinski definition) is 3. The van der Waals surface area contributed by atoms with Crippen LogP contribution in [0.1, 0.15) is 23.6 Å². The lowest BCUT2D eigenvalue weighted by atomic mass is 9.89. The van der Waals surface area contributed by atoms with Crippen molar-refractivity contribution in [1.82, 2.24) is 15.0 Å². The van der Waals surface area contributed by atoms with Crippen molar-refractivity contribution >= 4 is 17.4 Å². The molecule has 0 saturated heterocycles. The zero-order chi connectivity index (χ0) is 17.8. The molecule has 132 valence electrons. The highest BCUT2D eigenvalue weighted by Gasteiger charge is 2.23. The Hall–Kier alpha value is -3.35. The first kappa shape index (κ1) is 16.1. The normalized spacial score (nSPS) is 15.6. The Kier molecular flexibility index (Phi) is 4.51. The van der Waals surface area contributed by atoms with Gasteiger partial charge < -0.3 is 20.4 Å². The Morgan fingerprint density at radius 1 is 1.27 bits per heavy atom. The van der Waals surface area contributed by atoms with E-state index in [2.05, 4.69) is 25.6 Å². The fourth-order valence-corrected chi connectivity index (χ4v) is 3.14. The molecule has 3 aromatic rings. The number of carbonyl (C=O) groups excluding carboxylic acids is 1. The van der Waals surface area contributed by atoms with Gasteiger partial charge in [-0.3, -0.25) is 4.98 Å². The topological polar surface area (TPSA) is 91.9 Å².